The van der Waals surface area contributed by atoms with Crippen molar-refractivity contribution < 1.29 is 14.6 Å². The van der Waals surface area contributed by atoms with Crippen LogP contribution in [0.5, 0.6) is 0 Å². The molecule has 0 aromatic carbocycles. The molecule has 0 spiro atoms. The lowest BCUT2D eigenvalue weighted by Crippen LogP contribution is -2.07. The number of hydrogen-bond donors (Lipinski definition) is 1. The molecule has 0 amide bonds. The largest absolute Gasteiger partial charge is 0.393 e. The highest BCUT2D eigenvalue weighted by Gasteiger charge is 2.23. The molecule has 0 saturated carbocycles. The van der Waals surface area contributed by atoms with Gasteiger partial charge in [0.2, 0.25) is 0 Å². The van der Waals surface area contributed by atoms with E-state index in [1.54, 1.807) is 0 Å². The zero-order valence-electron chi connectivity index (χ0n) is 8.65. The Balaban J connectivity index is 0.00000112. The van der Waals surface area contributed by atoms with Crippen LogP contribution >= 0.6 is 0 Å². The zero-order chi connectivity index (χ0) is 9.80. The Bertz CT molecular complexity index is 147. The van der Waals surface area contributed by atoms with E-state index in [2.05, 4.69) is 0 Å². The van der Waals surface area contributed by atoms with Gasteiger partial charge in [-0.25, -0.2) is 0 Å². The minimum atomic E-state index is -0.104. The Labute approximate surface area is 100 Å². The molecule has 2 aliphatic rings. The third-order valence-corrected chi connectivity index (χ3v) is 2.93. The summed E-state index contributed by atoms with van der Waals surface area (Å²) >= 11 is 0. The summed E-state index contributed by atoms with van der Waals surface area (Å²) in [5.41, 5.74) is 0. The molecular formula is C13H28O3. The summed E-state index contributed by atoms with van der Waals surface area (Å²) in [6.07, 6.45) is 7.26. The SMILES string of the molecule is C.C.OC(CCCC1CO1)CCCC1CO1. The van der Waals surface area contributed by atoms with Crippen LogP contribution in [0.4, 0.5) is 0 Å². The summed E-state index contributed by atoms with van der Waals surface area (Å²) < 4.78 is 10.2. The van der Waals surface area contributed by atoms with E-state index < -0.39 is 0 Å². The molecule has 1 N–H and O–H groups in total. The van der Waals surface area contributed by atoms with Gasteiger partial charge < -0.3 is 14.6 Å². The van der Waals surface area contributed by atoms with Gasteiger partial charge in [0.15, 0.2) is 0 Å². The molecule has 0 bridgehead atoms. The zero-order valence-corrected chi connectivity index (χ0v) is 8.65. The number of aliphatic hydroxyl groups is 1. The van der Waals surface area contributed by atoms with Crippen LogP contribution in [0.15, 0.2) is 0 Å². The van der Waals surface area contributed by atoms with Crippen molar-refractivity contribution in [2.75, 3.05) is 13.2 Å². The van der Waals surface area contributed by atoms with E-state index in [4.69, 9.17) is 9.47 Å². The first-order valence-corrected chi connectivity index (χ1v) is 5.76. The smallest absolute Gasteiger partial charge is 0.0810 e. The average Bonchev–Trinajstić information content (AvgIpc) is 2.99. The number of ether oxygens (including phenoxy) is 2. The van der Waals surface area contributed by atoms with Crippen LogP contribution in [-0.4, -0.2) is 36.6 Å². The fourth-order valence-electron chi connectivity index (χ4n) is 1.78. The fourth-order valence-corrected chi connectivity index (χ4v) is 1.78. The Hall–Kier alpha value is -0.120. The van der Waals surface area contributed by atoms with E-state index in [0.717, 1.165) is 51.7 Å². The van der Waals surface area contributed by atoms with Crippen LogP contribution in [-0.2, 0) is 9.47 Å². The Morgan fingerprint density at radius 2 is 1.31 bits per heavy atom. The summed E-state index contributed by atoms with van der Waals surface area (Å²) in [5.74, 6) is 0. The van der Waals surface area contributed by atoms with Crippen molar-refractivity contribution in [3.63, 3.8) is 0 Å². The van der Waals surface area contributed by atoms with Crippen molar-refractivity contribution in [3.8, 4) is 0 Å². The van der Waals surface area contributed by atoms with Gasteiger partial charge in [-0.1, -0.05) is 14.9 Å². The van der Waals surface area contributed by atoms with Crippen LogP contribution in [0.2, 0.25) is 0 Å². The van der Waals surface area contributed by atoms with Gasteiger partial charge >= 0.3 is 0 Å². The number of epoxide rings is 2. The maximum absolute atomic E-state index is 9.63. The standard InChI is InChI=1S/C11H20O3.2CH4/c12-9(3-1-5-10-7-13-10)4-2-6-11-8-14-11;;/h9-12H,1-8H2;2*1H4. The van der Waals surface area contributed by atoms with Crippen molar-refractivity contribution in [1.82, 2.24) is 0 Å². The number of hydrogen-bond acceptors (Lipinski definition) is 3. The maximum Gasteiger partial charge on any atom is 0.0810 e. The van der Waals surface area contributed by atoms with Gasteiger partial charge in [-0.2, -0.15) is 0 Å². The van der Waals surface area contributed by atoms with Gasteiger partial charge in [0.1, 0.15) is 0 Å². The van der Waals surface area contributed by atoms with Crippen molar-refractivity contribution in [1.29, 1.82) is 0 Å². The first-order valence-electron chi connectivity index (χ1n) is 5.76. The molecule has 0 aliphatic carbocycles. The highest BCUT2D eigenvalue weighted by Crippen LogP contribution is 2.20. The number of rotatable bonds is 8. The summed E-state index contributed by atoms with van der Waals surface area (Å²) in [6.45, 7) is 1.88. The highest BCUT2D eigenvalue weighted by molar-refractivity contribution is 4.71. The molecule has 2 rings (SSSR count). The molecule has 3 nitrogen and oxygen atoms in total. The Morgan fingerprint density at radius 1 is 0.938 bits per heavy atom. The van der Waals surface area contributed by atoms with Gasteiger partial charge in [-0.05, 0) is 38.5 Å². The summed E-state index contributed by atoms with van der Waals surface area (Å²) in [5, 5.41) is 9.63. The van der Waals surface area contributed by atoms with E-state index in [1.807, 2.05) is 0 Å². The predicted molar refractivity (Wildman–Crippen MR) is 66.7 cm³/mol. The van der Waals surface area contributed by atoms with E-state index in [9.17, 15) is 5.11 Å². The fraction of sp³-hybridized carbons (Fsp3) is 1.00. The summed E-state index contributed by atoms with van der Waals surface area (Å²) in [4.78, 5) is 0. The normalized spacial score (nSPS) is 27.6. The minimum absolute atomic E-state index is 0. The molecule has 0 aromatic rings. The summed E-state index contributed by atoms with van der Waals surface area (Å²) in [7, 11) is 0. The minimum Gasteiger partial charge on any atom is -0.393 e. The van der Waals surface area contributed by atoms with E-state index in [1.165, 1.54) is 0 Å². The molecule has 98 valence electrons. The molecule has 2 fully saturated rings. The second-order valence-electron chi connectivity index (χ2n) is 4.43. The van der Waals surface area contributed by atoms with Crippen LogP contribution in [0, 0.1) is 0 Å². The van der Waals surface area contributed by atoms with Crippen molar-refractivity contribution in [2.45, 2.75) is 71.7 Å². The predicted octanol–water partition coefficient (Wildman–Crippen LogP) is 2.76. The van der Waals surface area contributed by atoms with Crippen LogP contribution in [0.3, 0.4) is 0 Å². The van der Waals surface area contributed by atoms with Gasteiger partial charge in [-0.3, -0.25) is 0 Å². The topological polar surface area (TPSA) is 45.3 Å². The van der Waals surface area contributed by atoms with Crippen molar-refractivity contribution in [3.05, 3.63) is 0 Å². The van der Waals surface area contributed by atoms with E-state index in [-0.39, 0.29) is 21.0 Å². The van der Waals surface area contributed by atoms with Gasteiger partial charge in [-0.15, -0.1) is 0 Å². The monoisotopic (exact) mass is 232 g/mol. The third-order valence-electron chi connectivity index (χ3n) is 2.93. The molecule has 0 aromatic heterocycles. The molecule has 3 heteroatoms. The lowest BCUT2D eigenvalue weighted by Gasteiger charge is -2.08. The molecule has 0 radical (unpaired) electrons. The van der Waals surface area contributed by atoms with E-state index in [0.29, 0.717) is 12.2 Å². The molecule has 2 aliphatic heterocycles. The molecule has 2 atom stereocenters. The first kappa shape index (κ1) is 15.9. The quantitative estimate of drug-likeness (QED) is 0.654. The molecule has 16 heavy (non-hydrogen) atoms. The maximum atomic E-state index is 9.63. The van der Waals surface area contributed by atoms with Crippen LogP contribution in [0.1, 0.15) is 53.4 Å². The first-order chi connectivity index (χ1) is 6.84. The van der Waals surface area contributed by atoms with Gasteiger partial charge in [0, 0.05) is 0 Å². The number of aliphatic hydroxyl groups excluding tert-OH is 1. The molecular weight excluding hydrogens is 204 g/mol. The van der Waals surface area contributed by atoms with Gasteiger partial charge in [0.05, 0.1) is 31.5 Å². The lowest BCUT2D eigenvalue weighted by atomic mass is 10.0. The Kier molecular flexibility index (Phi) is 7.98. The van der Waals surface area contributed by atoms with Gasteiger partial charge in [0.25, 0.3) is 0 Å². The van der Waals surface area contributed by atoms with Crippen LogP contribution < -0.4 is 0 Å². The molecule has 2 heterocycles. The van der Waals surface area contributed by atoms with E-state index >= 15 is 0 Å². The second kappa shape index (κ2) is 8.04. The molecule has 2 unspecified atom stereocenters. The summed E-state index contributed by atoms with van der Waals surface area (Å²) in [6, 6.07) is 0. The second-order valence-corrected chi connectivity index (χ2v) is 4.43. The average molecular weight is 232 g/mol. The lowest BCUT2D eigenvalue weighted by molar-refractivity contribution is 0.145. The third kappa shape index (κ3) is 7.20. The van der Waals surface area contributed by atoms with Crippen molar-refractivity contribution >= 4 is 0 Å². The van der Waals surface area contributed by atoms with Crippen molar-refractivity contribution in [2.24, 2.45) is 0 Å². The molecule has 2 saturated heterocycles. The van der Waals surface area contributed by atoms with Crippen LogP contribution in [0.25, 0.3) is 0 Å². The Morgan fingerprint density at radius 3 is 1.62 bits per heavy atom. The highest BCUT2D eigenvalue weighted by atomic mass is 16.6.